The lowest BCUT2D eigenvalue weighted by molar-refractivity contribution is -0.0497. The van der Waals surface area contributed by atoms with Crippen LogP contribution < -0.4 is 10.1 Å². The van der Waals surface area contributed by atoms with Crippen LogP contribution in [0.1, 0.15) is 16.1 Å². The molecule has 1 amide bonds. The summed E-state index contributed by atoms with van der Waals surface area (Å²) >= 11 is 5.86. The van der Waals surface area contributed by atoms with Gasteiger partial charge in [-0.05, 0) is 23.8 Å². The van der Waals surface area contributed by atoms with Crippen molar-refractivity contribution < 1.29 is 18.3 Å². The summed E-state index contributed by atoms with van der Waals surface area (Å²) in [5.41, 5.74) is 1.45. The number of anilines is 1. The molecule has 0 spiro atoms. The van der Waals surface area contributed by atoms with Crippen LogP contribution in [-0.2, 0) is 6.54 Å². The fourth-order valence-electron chi connectivity index (χ4n) is 2.22. The number of ether oxygens (including phenoxy) is 1. The van der Waals surface area contributed by atoms with Crippen LogP contribution in [0.5, 0.6) is 5.75 Å². The molecule has 3 aromatic rings. The van der Waals surface area contributed by atoms with Crippen molar-refractivity contribution in [1.29, 1.82) is 0 Å². The number of carbonyl (C=O) groups excluding carboxylic acids is 1. The highest BCUT2D eigenvalue weighted by atomic mass is 35.5. The first-order chi connectivity index (χ1) is 12.5. The molecular formula is C17H13ClF2N4O2. The summed E-state index contributed by atoms with van der Waals surface area (Å²) in [6, 6.07) is 13.6. The van der Waals surface area contributed by atoms with Gasteiger partial charge in [-0.25, -0.2) is 4.68 Å². The Morgan fingerprint density at radius 1 is 1.23 bits per heavy atom. The molecule has 26 heavy (non-hydrogen) atoms. The van der Waals surface area contributed by atoms with Crippen LogP contribution in [0.4, 0.5) is 14.5 Å². The molecule has 1 aromatic heterocycles. The number of hydrogen-bond donors (Lipinski definition) is 1. The van der Waals surface area contributed by atoms with Gasteiger partial charge >= 0.3 is 6.61 Å². The predicted molar refractivity (Wildman–Crippen MR) is 91.6 cm³/mol. The van der Waals surface area contributed by atoms with Gasteiger partial charge in [0.15, 0.2) is 5.69 Å². The molecule has 9 heteroatoms. The topological polar surface area (TPSA) is 69.0 Å². The Kier molecular flexibility index (Phi) is 5.43. The Hall–Kier alpha value is -3.00. The first-order valence-electron chi connectivity index (χ1n) is 7.51. The lowest BCUT2D eigenvalue weighted by Crippen LogP contribution is -2.12. The average molecular weight is 379 g/mol. The smallest absolute Gasteiger partial charge is 0.387 e. The zero-order chi connectivity index (χ0) is 18.5. The number of hydrogen-bond acceptors (Lipinski definition) is 4. The van der Waals surface area contributed by atoms with Crippen molar-refractivity contribution in [3.05, 3.63) is 71.0 Å². The summed E-state index contributed by atoms with van der Waals surface area (Å²) < 4.78 is 30.2. The molecule has 0 atom stereocenters. The van der Waals surface area contributed by atoms with Crippen molar-refractivity contribution in [2.24, 2.45) is 0 Å². The maximum Gasteiger partial charge on any atom is 0.387 e. The van der Waals surface area contributed by atoms with Crippen molar-refractivity contribution >= 4 is 23.2 Å². The Bertz CT molecular complexity index is 903. The minimum absolute atomic E-state index is 0.0455. The fraction of sp³-hybridized carbons (Fsp3) is 0.118. The van der Waals surface area contributed by atoms with E-state index in [1.165, 1.54) is 29.1 Å². The first kappa shape index (κ1) is 17.8. The Morgan fingerprint density at radius 2 is 2.00 bits per heavy atom. The van der Waals surface area contributed by atoms with Gasteiger partial charge in [-0.15, -0.1) is 5.10 Å². The van der Waals surface area contributed by atoms with Crippen LogP contribution in [0.3, 0.4) is 0 Å². The number of benzene rings is 2. The second kappa shape index (κ2) is 7.92. The number of nitrogens with zero attached hydrogens (tertiary/aromatic N) is 3. The van der Waals surface area contributed by atoms with Gasteiger partial charge in [0.05, 0.1) is 17.8 Å². The zero-order valence-electron chi connectivity index (χ0n) is 13.3. The second-order valence-corrected chi connectivity index (χ2v) is 5.67. The summed E-state index contributed by atoms with van der Waals surface area (Å²) in [5.74, 6) is -0.670. The summed E-state index contributed by atoms with van der Waals surface area (Å²) in [6.07, 6.45) is 1.51. The SMILES string of the molecule is O=C(Nc1ccc(OC(F)F)c(Cl)c1)c1cn(Cc2ccccc2)nn1. The molecule has 0 aliphatic carbocycles. The van der Waals surface area contributed by atoms with E-state index in [9.17, 15) is 13.6 Å². The van der Waals surface area contributed by atoms with E-state index in [4.69, 9.17) is 11.6 Å². The highest BCUT2D eigenvalue weighted by Crippen LogP contribution is 2.29. The van der Waals surface area contributed by atoms with Crippen molar-refractivity contribution in [3.63, 3.8) is 0 Å². The van der Waals surface area contributed by atoms with Crippen molar-refractivity contribution in [2.45, 2.75) is 13.2 Å². The standard InChI is InChI=1S/C17H13ClF2N4O2/c18-13-8-12(6-7-15(13)26-17(19)20)21-16(25)14-10-24(23-22-14)9-11-4-2-1-3-5-11/h1-8,10,17H,9H2,(H,21,25). The van der Waals surface area contributed by atoms with Gasteiger partial charge in [-0.2, -0.15) is 8.78 Å². The summed E-state index contributed by atoms with van der Waals surface area (Å²) in [6.45, 7) is -2.50. The molecule has 3 rings (SSSR count). The Labute approximate surface area is 152 Å². The van der Waals surface area contributed by atoms with Gasteiger partial charge in [0.2, 0.25) is 0 Å². The van der Waals surface area contributed by atoms with Crippen LogP contribution in [0.15, 0.2) is 54.7 Å². The zero-order valence-corrected chi connectivity index (χ0v) is 14.0. The largest absolute Gasteiger partial charge is 0.433 e. The molecular weight excluding hydrogens is 366 g/mol. The molecule has 0 saturated heterocycles. The normalized spacial score (nSPS) is 10.8. The fourth-order valence-corrected chi connectivity index (χ4v) is 2.44. The van der Waals surface area contributed by atoms with Crippen LogP contribution >= 0.6 is 11.6 Å². The third-order valence-electron chi connectivity index (χ3n) is 3.36. The molecule has 134 valence electrons. The maximum atomic E-state index is 12.2. The van der Waals surface area contributed by atoms with E-state index in [0.717, 1.165) is 5.56 Å². The molecule has 1 N–H and O–H groups in total. The number of alkyl halides is 2. The lowest BCUT2D eigenvalue weighted by atomic mass is 10.2. The number of halogens is 3. The summed E-state index contributed by atoms with van der Waals surface area (Å²) in [5, 5.41) is 10.3. The Balaban J connectivity index is 1.66. The summed E-state index contributed by atoms with van der Waals surface area (Å²) in [4.78, 5) is 12.2. The van der Waals surface area contributed by atoms with E-state index in [-0.39, 0.29) is 16.5 Å². The third-order valence-corrected chi connectivity index (χ3v) is 3.66. The van der Waals surface area contributed by atoms with E-state index < -0.39 is 12.5 Å². The van der Waals surface area contributed by atoms with Gasteiger partial charge in [-0.1, -0.05) is 47.1 Å². The minimum Gasteiger partial charge on any atom is -0.433 e. The highest BCUT2D eigenvalue weighted by molar-refractivity contribution is 6.32. The number of rotatable bonds is 6. The van der Waals surface area contributed by atoms with Crippen molar-refractivity contribution in [3.8, 4) is 5.75 Å². The average Bonchev–Trinajstić information content (AvgIpc) is 3.06. The molecule has 0 bridgehead atoms. The molecule has 0 radical (unpaired) electrons. The number of carbonyl (C=O) groups is 1. The molecule has 0 aliphatic heterocycles. The monoisotopic (exact) mass is 378 g/mol. The predicted octanol–water partition coefficient (Wildman–Crippen LogP) is 3.83. The van der Waals surface area contributed by atoms with Gasteiger partial charge in [-0.3, -0.25) is 4.79 Å². The molecule has 0 aliphatic rings. The lowest BCUT2D eigenvalue weighted by Gasteiger charge is -2.08. The van der Waals surface area contributed by atoms with Crippen LogP contribution in [-0.4, -0.2) is 27.5 Å². The van der Waals surface area contributed by atoms with Crippen molar-refractivity contribution in [1.82, 2.24) is 15.0 Å². The third kappa shape index (κ3) is 4.54. The molecule has 0 saturated carbocycles. The van der Waals surface area contributed by atoms with Gasteiger partial charge in [0.25, 0.3) is 5.91 Å². The molecule has 6 nitrogen and oxygen atoms in total. The first-order valence-corrected chi connectivity index (χ1v) is 7.89. The van der Waals surface area contributed by atoms with Crippen LogP contribution in [0.2, 0.25) is 5.02 Å². The Morgan fingerprint density at radius 3 is 2.69 bits per heavy atom. The van der Waals surface area contributed by atoms with Gasteiger partial charge in [0.1, 0.15) is 5.75 Å². The maximum absolute atomic E-state index is 12.2. The molecule has 1 heterocycles. The van der Waals surface area contributed by atoms with E-state index >= 15 is 0 Å². The quantitative estimate of drug-likeness (QED) is 0.707. The minimum atomic E-state index is -2.98. The van der Waals surface area contributed by atoms with E-state index in [2.05, 4.69) is 20.4 Å². The molecule has 0 fully saturated rings. The van der Waals surface area contributed by atoms with E-state index in [1.54, 1.807) is 0 Å². The van der Waals surface area contributed by atoms with Gasteiger partial charge < -0.3 is 10.1 Å². The van der Waals surface area contributed by atoms with Crippen LogP contribution in [0.25, 0.3) is 0 Å². The second-order valence-electron chi connectivity index (χ2n) is 5.26. The van der Waals surface area contributed by atoms with Gasteiger partial charge in [0, 0.05) is 5.69 Å². The number of nitrogens with one attached hydrogen (secondary N) is 1. The molecule has 2 aromatic carbocycles. The van der Waals surface area contributed by atoms with Crippen LogP contribution in [0, 0.1) is 0 Å². The summed E-state index contributed by atoms with van der Waals surface area (Å²) in [7, 11) is 0. The molecule has 0 unspecified atom stereocenters. The van der Waals surface area contributed by atoms with Crippen molar-refractivity contribution in [2.75, 3.05) is 5.32 Å². The highest BCUT2D eigenvalue weighted by Gasteiger charge is 2.14. The van der Waals surface area contributed by atoms with E-state index in [0.29, 0.717) is 12.2 Å². The number of aromatic nitrogens is 3. The number of amides is 1. The van der Waals surface area contributed by atoms with E-state index in [1.807, 2.05) is 30.3 Å².